The molecule has 1 aromatic carbocycles. The van der Waals surface area contributed by atoms with E-state index in [1.54, 1.807) is 18.2 Å². The maximum absolute atomic E-state index is 12.2. The summed E-state index contributed by atoms with van der Waals surface area (Å²) in [4.78, 5) is 14.5. The summed E-state index contributed by atoms with van der Waals surface area (Å²) in [7, 11) is 0. The third-order valence-corrected chi connectivity index (χ3v) is 3.84. The maximum atomic E-state index is 12.2. The van der Waals surface area contributed by atoms with Crippen LogP contribution in [0, 0.1) is 0 Å². The number of benzene rings is 1. The molecule has 3 N–H and O–H groups in total. The number of halogens is 3. The first kappa shape index (κ1) is 20.3. The van der Waals surface area contributed by atoms with E-state index in [1.165, 1.54) is 0 Å². The molecule has 1 atom stereocenters. The molecule has 4 nitrogen and oxygen atoms in total. The largest absolute Gasteiger partial charge is 0.399 e. The lowest BCUT2D eigenvalue weighted by Crippen LogP contribution is -2.47. The van der Waals surface area contributed by atoms with Crippen molar-refractivity contribution in [2.75, 3.05) is 25.4 Å². The molecule has 1 heterocycles. The number of nitrogens with two attached hydrogens (primary N) is 1. The van der Waals surface area contributed by atoms with E-state index in [-0.39, 0.29) is 36.8 Å². The highest BCUT2D eigenvalue weighted by molar-refractivity contribution is 6.34. The lowest BCUT2D eigenvalue weighted by atomic mass is 10.0. The Kier molecular flexibility index (Phi) is 9.06. The number of hydrogen-bond acceptors (Lipinski definition) is 3. The van der Waals surface area contributed by atoms with E-state index < -0.39 is 0 Å². The summed E-state index contributed by atoms with van der Waals surface area (Å²) in [5.41, 5.74) is 6.68. The van der Waals surface area contributed by atoms with Crippen LogP contribution in [0.1, 0.15) is 30.1 Å². The summed E-state index contributed by atoms with van der Waals surface area (Å²) in [6.45, 7) is 5.19. The monoisotopic (exact) mass is 353 g/mol. The molecule has 1 fully saturated rings. The predicted octanol–water partition coefficient (Wildman–Crippen LogP) is 2.98. The minimum Gasteiger partial charge on any atom is -0.399 e. The van der Waals surface area contributed by atoms with E-state index in [0.29, 0.717) is 16.3 Å². The first-order valence-electron chi connectivity index (χ1n) is 6.68. The first-order chi connectivity index (χ1) is 9.10. The van der Waals surface area contributed by atoms with E-state index in [4.69, 9.17) is 17.3 Å². The number of likely N-dealkylation sites (N-methyl/N-ethyl adjacent to an activating group) is 1. The van der Waals surface area contributed by atoms with Gasteiger partial charge in [0.2, 0.25) is 0 Å². The van der Waals surface area contributed by atoms with Crippen LogP contribution in [-0.2, 0) is 0 Å². The highest BCUT2D eigenvalue weighted by atomic mass is 35.5. The Labute approximate surface area is 143 Å². The minimum absolute atomic E-state index is 0. The maximum Gasteiger partial charge on any atom is 0.253 e. The highest BCUT2D eigenvalue weighted by Crippen LogP contribution is 2.19. The van der Waals surface area contributed by atoms with Crippen molar-refractivity contribution >= 4 is 48.0 Å². The van der Waals surface area contributed by atoms with E-state index in [9.17, 15) is 4.79 Å². The molecule has 7 heteroatoms. The third-order valence-electron chi connectivity index (χ3n) is 3.53. The van der Waals surface area contributed by atoms with Crippen LogP contribution in [0.3, 0.4) is 0 Å². The number of piperidine rings is 1. The zero-order valence-electron chi connectivity index (χ0n) is 12.0. The highest BCUT2D eigenvalue weighted by Gasteiger charge is 2.21. The zero-order chi connectivity index (χ0) is 13.8. The van der Waals surface area contributed by atoms with Gasteiger partial charge in [-0.2, -0.15) is 0 Å². The van der Waals surface area contributed by atoms with Gasteiger partial charge in [-0.1, -0.05) is 18.5 Å². The van der Waals surface area contributed by atoms with Gasteiger partial charge in [-0.25, -0.2) is 0 Å². The number of carbonyl (C=O) groups is 1. The first-order valence-corrected chi connectivity index (χ1v) is 7.06. The summed E-state index contributed by atoms with van der Waals surface area (Å²) in [6.07, 6.45) is 2.14. The lowest BCUT2D eigenvalue weighted by molar-refractivity contribution is 0.0906. The number of anilines is 1. The summed E-state index contributed by atoms with van der Waals surface area (Å²) in [5, 5.41) is 3.46. The fourth-order valence-corrected chi connectivity index (χ4v) is 2.71. The minimum atomic E-state index is -0.118. The van der Waals surface area contributed by atoms with Crippen LogP contribution in [-0.4, -0.2) is 36.5 Å². The number of amides is 1. The van der Waals surface area contributed by atoms with Crippen molar-refractivity contribution in [3.05, 3.63) is 28.8 Å². The smallest absolute Gasteiger partial charge is 0.253 e. The molecule has 1 unspecified atom stereocenters. The number of likely N-dealkylation sites (tertiary alicyclic amines) is 1. The summed E-state index contributed by atoms with van der Waals surface area (Å²) < 4.78 is 0. The number of nitrogens with one attached hydrogen (secondary N) is 1. The Morgan fingerprint density at radius 2 is 2.19 bits per heavy atom. The lowest BCUT2D eigenvalue weighted by Gasteiger charge is -2.32. The predicted molar refractivity (Wildman–Crippen MR) is 93.0 cm³/mol. The summed E-state index contributed by atoms with van der Waals surface area (Å²) >= 11 is 6.05. The molecule has 0 saturated carbocycles. The molecule has 0 bridgehead atoms. The molecule has 0 aliphatic carbocycles. The molecule has 1 aromatic rings. The molecule has 120 valence electrons. The number of hydrogen-bond donors (Lipinski definition) is 2. The number of rotatable bonds is 3. The molecule has 1 amide bonds. The Morgan fingerprint density at radius 3 is 2.81 bits per heavy atom. The van der Waals surface area contributed by atoms with Gasteiger partial charge >= 0.3 is 0 Å². The Morgan fingerprint density at radius 1 is 1.48 bits per heavy atom. The van der Waals surface area contributed by atoms with Crippen LogP contribution in [0.4, 0.5) is 5.69 Å². The van der Waals surface area contributed by atoms with Crippen molar-refractivity contribution in [3.8, 4) is 0 Å². The van der Waals surface area contributed by atoms with Crippen LogP contribution in [0.5, 0.6) is 0 Å². The van der Waals surface area contributed by atoms with E-state index in [2.05, 4.69) is 17.1 Å². The molecule has 0 spiro atoms. The van der Waals surface area contributed by atoms with Gasteiger partial charge in [0.1, 0.15) is 0 Å². The fraction of sp³-hybridized carbons (Fsp3) is 0.500. The van der Waals surface area contributed by atoms with E-state index in [1.807, 2.05) is 0 Å². The second kappa shape index (κ2) is 9.36. The normalized spacial score (nSPS) is 18.3. The molecule has 21 heavy (non-hydrogen) atoms. The molecule has 1 saturated heterocycles. The van der Waals surface area contributed by atoms with Crippen LogP contribution in [0.15, 0.2) is 18.2 Å². The van der Waals surface area contributed by atoms with Gasteiger partial charge in [0.05, 0.1) is 10.6 Å². The molecule has 0 radical (unpaired) electrons. The van der Waals surface area contributed by atoms with Crippen molar-refractivity contribution in [3.63, 3.8) is 0 Å². The average Bonchev–Trinajstić information content (AvgIpc) is 2.38. The van der Waals surface area contributed by atoms with Gasteiger partial charge in [0, 0.05) is 18.3 Å². The topological polar surface area (TPSA) is 58.4 Å². The van der Waals surface area contributed by atoms with E-state index >= 15 is 0 Å². The second-order valence-corrected chi connectivity index (χ2v) is 5.35. The quantitative estimate of drug-likeness (QED) is 0.820. The SMILES string of the molecule is CCN1CCCC(NC(=O)c2ccc(N)cc2Cl)C1.Cl.Cl. The Hall–Kier alpha value is -0.680. The summed E-state index contributed by atoms with van der Waals surface area (Å²) in [5.74, 6) is -0.118. The second-order valence-electron chi connectivity index (χ2n) is 4.95. The van der Waals surface area contributed by atoms with Gasteiger partial charge in [-0.15, -0.1) is 24.8 Å². The molecule has 0 aromatic heterocycles. The molecular weight excluding hydrogens is 333 g/mol. The van der Waals surface area contributed by atoms with Crippen LogP contribution in [0.2, 0.25) is 5.02 Å². The fourth-order valence-electron chi connectivity index (χ4n) is 2.44. The van der Waals surface area contributed by atoms with Crippen LogP contribution < -0.4 is 11.1 Å². The average molecular weight is 355 g/mol. The number of nitrogen functional groups attached to an aromatic ring is 1. The van der Waals surface area contributed by atoms with Crippen molar-refractivity contribution in [2.45, 2.75) is 25.8 Å². The zero-order valence-corrected chi connectivity index (χ0v) is 14.4. The molecular formula is C14H22Cl3N3O. The Balaban J connectivity index is 0.00000200. The molecule has 1 aliphatic heterocycles. The van der Waals surface area contributed by atoms with Crippen LogP contribution >= 0.6 is 36.4 Å². The van der Waals surface area contributed by atoms with Crippen molar-refractivity contribution < 1.29 is 4.79 Å². The van der Waals surface area contributed by atoms with Gasteiger partial charge in [-0.3, -0.25) is 4.79 Å². The van der Waals surface area contributed by atoms with E-state index in [0.717, 1.165) is 32.5 Å². The van der Waals surface area contributed by atoms with Gasteiger partial charge in [0.15, 0.2) is 0 Å². The van der Waals surface area contributed by atoms with Crippen molar-refractivity contribution in [1.82, 2.24) is 10.2 Å². The number of carbonyl (C=O) groups excluding carboxylic acids is 1. The van der Waals surface area contributed by atoms with Gasteiger partial charge in [-0.05, 0) is 44.1 Å². The summed E-state index contributed by atoms with van der Waals surface area (Å²) in [6, 6.07) is 5.18. The molecule has 1 aliphatic rings. The Bertz CT molecular complexity index is 471. The van der Waals surface area contributed by atoms with Gasteiger partial charge < -0.3 is 16.0 Å². The number of nitrogens with zero attached hydrogens (tertiary/aromatic N) is 1. The molecule has 2 rings (SSSR count). The standard InChI is InChI=1S/C14H20ClN3O.2ClH/c1-2-18-7-3-4-11(9-18)17-14(19)12-6-5-10(16)8-13(12)15;;/h5-6,8,11H,2-4,7,9,16H2,1H3,(H,17,19);2*1H. The third kappa shape index (κ3) is 5.55. The van der Waals surface area contributed by atoms with Crippen molar-refractivity contribution in [2.24, 2.45) is 0 Å². The van der Waals surface area contributed by atoms with Crippen LogP contribution in [0.25, 0.3) is 0 Å². The van der Waals surface area contributed by atoms with Crippen molar-refractivity contribution in [1.29, 1.82) is 0 Å². The van der Waals surface area contributed by atoms with Gasteiger partial charge in [0.25, 0.3) is 5.91 Å².